The summed E-state index contributed by atoms with van der Waals surface area (Å²) in [6, 6.07) is 14.0. The second-order valence-electron chi connectivity index (χ2n) is 7.52. The molecule has 0 unspecified atom stereocenters. The summed E-state index contributed by atoms with van der Waals surface area (Å²) in [6.45, 7) is 0. The molecular formula is C26H22ClFN4O4. The van der Waals surface area contributed by atoms with E-state index in [9.17, 15) is 9.18 Å². The molecule has 1 heterocycles. The van der Waals surface area contributed by atoms with E-state index in [0.29, 0.717) is 39.8 Å². The molecule has 3 aromatic carbocycles. The fourth-order valence-electron chi connectivity index (χ4n) is 3.54. The van der Waals surface area contributed by atoms with Crippen molar-refractivity contribution in [3.05, 3.63) is 82.8 Å². The van der Waals surface area contributed by atoms with Crippen LogP contribution in [0.15, 0.2) is 65.8 Å². The lowest BCUT2D eigenvalue weighted by atomic mass is 10.1. The molecule has 4 aromatic rings. The minimum atomic E-state index is -0.649. The summed E-state index contributed by atoms with van der Waals surface area (Å²) in [6.07, 6.45) is 1.63. The van der Waals surface area contributed by atoms with Crippen LogP contribution in [0.3, 0.4) is 0 Å². The average molecular weight is 509 g/mol. The number of aromatic nitrogens is 1. The van der Waals surface area contributed by atoms with Crippen LogP contribution in [0.1, 0.15) is 15.9 Å². The number of pyridine rings is 1. The van der Waals surface area contributed by atoms with E-state index in [1.807, 2.05) is 0 Å². The van der Waals surface area contributed by atoms with E-state index in [-0.39, 0.29) is 16.4 Å². The minimum Gasteiger partial charge on any atom is -0.493 e. The highest BCUT2D eigenvalue weighted by molar-refractivity contribution is 6.31. The number of fused-ring (bicyclic) bond motifs is 1. The summed E-state index contributed by atoms with van der Waals surface area (Å²) in [5.41, 5.74) is 7.97. The summed E-state index contributed by atoms with van der Waals surface area (Å²) in [4.78, 5) is 20.8. The first-order valence-electron chi connectivity index (χ1n) is 10.7. The zero-order chi connectivity index (χ0) is 25.8. The van der Waals surface area contributed by atoms with Crippen molar-refractivity contribution in [1.29, 1.82) is 0 Å². The first kappa shape index (κ1) is 24.7. The zero-order valence-electron chi connectivity index (χ0n) is 19.6. The highest BCUT2D eigenvalue weighted by Gasteiger charge is 2.15. The number of amides is 1. The number of aliphatic imine (C=N–C) groups is 1. The van der Waals surface area contributed by atoms with Crippen molar-refractivity contribution in [2.45, 2.75) is 0 Å². The molecule has 0 bridgehead atoms. The quantitative estimate of drug-likeness (QED) is 0.253. The summed E-state index contributed by atoms with van der Waals surface area (Å²) in [7, 11) is 4.82. The number of carbonyl (C=O) groups is 1. The second-order valence-corrected chi connectivity index (χ2v) is 7.93. The fraction of sp³-hybridized carbons (Fsp3) is 0.115. The molecule has 0 saturated carbocycles. The number of benzene rings is 3. The molecule has 8 nitrogen and oxygen atoms in total. The molecule has 0 aliphatic heterocycles. The van der Waals surface area contributed by atoms with Crippen molar-refractivity contribution in [2.24, 2.45) is 10.7 Å². The van der Waals surface area contributed by atoms with Gasteiger partial charge in [-0.25, -0.2) is 4.39 Å². The highest BCUT2D eigenvalue weighted by Crippen LogP contribution is 2.37. The van der Waals surface area contributed by atoms with E-state index in [2.05, 4.69) is 15.3 Å². The van der Waals surface area contributed by atoms with Gasteiger partial charge in [0.25, 0.3) is 5.91 Å². The van der Waals surface area contributed by atoms with Gasteiger partial charge in [0.05, 0.1) is 24.8 Å². The van der Waals surface area contributed by atoms with Crippen LogP contribution >= 0.6 is 11.6 Å². The van der Waals surface area contributed by atoms with Gasteiger partial charge in [0.2, 0.25) is 0 Å². The Morgan fingerprint density at radius 3 is 2.47 bits per heavy atom. The van der Waals surface area contributed by atoms with Gasteiger partial charge in [0, 0.05) is 47.6 Å². The Morgan fingerprint density at radius 2 is 1.78 bits per heavy atom. The first-order chi connectivity index (χ1) is 17.3. The molecule has 1 amide bonds. The molecule has 0 aliphatic carbocycles. The number of amidine groups is 1. The third kappa shape index (κ3) is 5.01. The van der Waals surface area contributed by atoms with Gasteiger partial charge in [-0.2, -0.15) is 4.99 Å². The number of rotatable bonds is 7. The topological polar surface area (TPSA) is 108 Å². The third-order valence-electron chi connectivity index (χ3n) is 5.36. The Labute approximate surface area is 211 Å². The van der Waals surface area contributed by atoms with Gasteiger partial charge in [-0.1, -0.05) is 11.6 Å². The van der Waals surface area contributed by atoms with Crippen molar-refractivity contribution >= 4 is 39.9 Å². The molecule has 10 heteroatoms. The predicted octanol–water partition coefficient (Wildman–Crippen LogP) is 5.42. The molecule has 0 radical (unpaired) electrons. The largest absolute Gasteiger partial charge is 0.493 e. The van der Waals surface area contributed by atoms with E-state index in [1.54, 1.807) is 63.9 Å². The number of anilines is 1. The van der Waals surface area contributed by atoms with Crippen LogP contribution in [0.5, 0.6) is 23.0 Å². The summed E-state index contributed by atoms with van der Waals surface area (Å²) >= 11 is 5.76. The molecule has 184 valence electrons. The second kappa shape index (κ2) is 10.5. The lowest BCUT2D eigenvalue weighted by Gasteiger charge is -2.14. The van der Waals surface area contributed by atoms with Gasteiger partial charge >= 0.3 is 0 Å². The van der Waals surface area contributed by atoms with Gasteiger partial charge in [0.1, 0.15) is 23.2 Å². The standard InChI is InChI=1S/C26H22ClFN4O4/c1-30-20-11-15(36-22-8-9-31-21-13-24(35-3)23(34-2)12-17(21)22)5-6-16(20)25(29)32-26(33)14-4-7-19(28)18(27)10-14/h4-13,30H,1-3H3,(H2,29,32,33). The van der Waals surface area contributed by atoms with Gasteiger partial charge in [0.15, 0.2) is 11.5 Å². The van der Waals surface area contributed by atoms with Crippen LogP contribution in [0.4, 0.5) is 10.1 Å². The van der Waals surface area contributed by atoms with E-state index < -0.39 is 11.7 Å². The Hall–Kier alpha value is -4.37. The molecule has 0 fully saturated rings. The Bertz CT molecular complexity index is 1490. The lowest BCUT2D eigenvalue weighted by Crippen LogP contribution is -2.17. The lowest BCUT2D eigenvalue weighted by molar-refractivity contribution is 0.100. The van der Waals surface area contributed by atoms with E-state index in [0.717, 1.165) is 11.5 Å². The maximum atomic E-state index is 13.4. The number of halogens is 2. The van der Waals surface area contributed by atoms with E-state index >= 15 is 0 Å². The molecule has 4 rings (SSSR count). The SMILES string of the molecule is CNc1cc(Oc2ccnc3cc(OC)c(OC)cc23)ccc1C(N)=NC(=O)c1ccc(F)c(Cl)c1. The van der Waals surface area contributed by atoms with Gasteiger partial charge < -0.3 is 25.3 Å². The smallest absolute Gasteiger partial charge is 0.279 e. The normalized spacial score (nSPS) is 11.3. The number of nitrogens with zero attached hydrogens (tertiary/aromatic N) is 2. The number of nitrogens with one attached hydrogen (secondary N) is 1. The number of hydrogen-bond acceptors (Lipinski definition) is 6. The van der Waals surface area contributed by atoms with Crippen molar-refractivity contribution in [1.82, 2.24) is 4.98 Å². The maximum absolute atomic E-state index is 13.4. The van der Waals surface area contributed by atoms with Crippen LogP contribution in [-0.2, 0) is 0 Å². The number of hydrogen-bond donors (Lipinski definition) is 2. The van der Waals surface area contributed by atoms with Crippen LogP contribution < -0.4 is 25.3 Å². The molecule has 3 N–H and O–H groups in total. The molecule has 0 spiro atoms. The first-order valence-corrected chi connectivity index (χ1v) is 11.1. The Morgan fingerprint density at radius 1 is 1.03 bits per heavy atom. The Kier molecular flexibility index (Phi) is 7.21. The molecule has 0 atom stereocenters. The van der Waals surface area contributed by atoms with Gasteiger partial charge in [-0.15, -0.1) is 0 Å². The monoisotopic (exact) mass is 508 g/mol. The summed E-state index contributed by atoms with van der Waals surface area (Å²) < 4.78 is 30.3. The van der Waals surface area contributed by atoms with Crippen LogP contribution in [0, 0.1) is 5.82 Å². The summed E-state index contributed by atoms with van der Waals surface area (Å²) in [5.74, 6) is 0.870. The third-order valence-corrected chi connectivity index (χ3v) is 5.65. The van der Waals surface area contributed by atoms with Gasteiger partial charge in [-0.3, -0.25) is 9.78 Å². The molecule has 36 heavy (non-hydrogen) atoms. The maximum Gasteiger partial charge on any atom is 0.279 e. The molecule has 0 saturated heterocycles. The fourth-order valence-corrected chi connectivity index (χ4v) is 3.72. The molecular weight excluding hydrogens is 487 g/mol. The predicted molar refractivity (Wildman–Crippen MR) is 137 cm³/mol. The van der Waals surface area contributed by atoms with Gasteiger partial charge in [-0.05, 0) is 42.5 Å². The van der Waals surface area contributed by atoms with E-state index in [4.69, 9.17) is 31.5 Å². The Balaban J connectivity index is 1.64. The average Bonchev–Trinajstić information content (AvgIpc) is 2.89. The number of ether oxygens (including phenoxy) is 3. The number of methoxy groups -OCH3 is 2. The minimum absolute atomic E-state index is 0.0254. The summed E-state index contributed by atoms with van der Waals surface area (Å²) in [5, 5.41) is 3.59. The molecule has 1 aromatic heterocycles. The van der Waals surface area contributed by atoms with Crippen molar-refractivity contribution in [3.63, 3.8) is 0 Å². The van der Waals surface area contributed by atoms with Crippen molar-refractivity contribution < 1.29 is 23.4 Å². The highest BCUT2D eigenvalue weighted by atomic mass is 35.5. The van der Waals surface area contributed by atoms with E-state index in [1.165, 1.54) is 12.1 Å². The number of nitrogens with two attached hydrogens (primary N) is 1. The molecule has 0 aliphatic rings. The van der Waals surface area contributed by atoms with Crippen LogP contribution in [-0.4, -0.2) is 38.0 Å². The van der Waals surface area contributed by atoms with Crippen molar-refractivity contribution in [3.8, 4) is 23.0 Å². The van der Waals surface area contributed by atoms with Crippen molar-refractivity contribution in [2.75, 3.05) is 26.6 Å². The van der Waals surface area contributed by atoms with Crippen LogP contribution in [0.2, 0.25) is 5.02 Å². The zero-order valence-corrected chi connectivity index (χ0v) is 20.4. The number of carbonyl (C=O) groups excluding carboxylic acids is 1. The van der Waals surface area contributed by atoms with Crippen LogP contribution in [0.25, 0.3) is 10.9 Å².